The van der Waals surface area contributed by atoms with Gasteiger partial charge in [-0.25, -0.2) is 0 Å². The number of nitrogens with zero attached hydrogens (tertiary/aromatic N) is 2. The van der Waals surface area contributed by atoms with Crippen LogP contribution in [0.4, 0.5) is 5.69 Å². The maximum atomic E-state index is 12.7. The van der Waals surface area contributed by atoms with Gasteiger partial charge in [-0.05, 0) is 89.3 Å². The summed E-state index contributed by atoms with van der Waals surface area (Å²) in [6.07, 6.45) is 3.83. The average molecular weight is 364 g/mol. The van der Waals surface area contributed by atoms with Gasteiger partial charge in [0, 0.05) is 17.3 Å². The van der Waals surface area contributed by atoms with Crippen molar-refractivity contribution >= 4 is 23.2 Å². The minimum Gasteiger partial charge on any atom is -0.324 e. The maximum absolute atomic E-state index is 12.7. The third-order valence-electron chi connectivity index (χ3n) is 6.07. The molecule has 0 saturated carbocycles. The lowest BCUT2D eigenvalue weighted by atomic mass is 9.84. The molecule has 0 bridgehead atoms. The number of halogens is 1. The highest BCUT2D eigenvalue weighted by Gasteiger charge is 2.34. The van der Waals surface area contributed by atoms with Crippen LogP contribution in [-0.2, 0) is 4.79 Å². The van der Waals surface area contributed by atoms with Gasteiger partial charge in [-0.1, -0.05) is 17.7 Å². The Bertz CT molecular complexity index is 613. The minimum absolute atomic E-state index is 0.0643. The van der Waals surface area contributed by atoms with Crippen molar-refractivity contribution < 1.29 is 4.79 Å². The number of hydrogen-bond donors (Lipinski definition) is 1. The second kappa shape index (κ2) is 8.07. The summed E-state index contributed by atoms with van der Waals surface area (Å²) in [6.45, 7) is 8.52. The molecule has 2 aliphatic heterocycles. The van der Waals surface area contributed by atoms with Crippen LogP contribution in [0.1, 0.15) is 31.7 Å². The van der Waals surface area contributed by atoms with E-state index in [1.54, 1.807) is 0 Å². The monoisotopic (exact) mass is 363 g/mol. The summed E-state index contributed by atoms with van der Waals surface area (Å²) < 4.78 is 0. The van der Waals surface area contributed by atoms with Gasteiger partial charge in [0.15, 0.2) is 0 Å². The van der Waals surface area contributed by atoms with Crippen molar-refractivity contribution in [2.24, 2.45) is 11.8 Å². The van der Waals surface area contributed by atoms with Crippen LogP contribution in [0.2, 0.25) is 5.02 Å². The average Bonchev–Trinajstić information content (AvgIpc) is 3.08. The number of benzene rings is 1. The smallest absolute Gasteiger partial charge is 0.241 e. The number of rotatable bonds is 4. The zero-order valence-electron chi connectivity index (χ0n) is 15.6. The Hall–Kier alpha value is -1.10. The van der Waals surface area contributed by atoms with Crippen LogP contribution in [0.25, 0.3) is 0 Å². The van der Waals surface area contributed by atoms with Gasteiger partial charge in [0.05, 0.1) is 6.04 Å². The topological polar surface area (TPSA) is 35.6 Å². The van der Waals surface area contributed by atoms with Crippen molar-refractivity contribution in [2.75, 3.05) is 38.5 Å². The largest absolute Gasteiger partial charge is 0.324 e. The van der Waals surface area contributed by atoms with Gasteiger partial charge in [-0.3, -0.25) is 9.69 Å². The standard InChI is InChI=1S/C20H30ClN3O/c1-14-4-5-18(21)12-19(14)22-20(25)15(2)24-11-8-17(13-24)16-6-9-23(3)10-7-16/h4-5,12,15-17H,6-11,13H2,1-3H3,(H,22,25)/t15-,17+/m1/s1. The van der Waals surface area contributed by atoms with Gasteiger partial charge in [-0.15, -0.1) is 0 Å². The van der Waals surface area contributed by atoms with Crippen molar-refractivity contribution in [1.82, 2.24) is 9.80 Å². The molecule has 0 aromatic heterocycles. The Labute approximate surface area is 156 Å². The summed E-state index contributed by atoms with van der Waals surface area (Å²) >= 11 is 6.06. The van der Waals surface area contributed by atoms with E-state index in [0.29, 0.717) is 5.02 Å². The number of amides is 1. The van der Waals surface area contributed by atoms with Gasteiger partial charge in [-0.2, -0.15) is 0 Å². The Kier molecular flexibility index (Phi) is 6.03. The van der Waals surface area contributed by atoms with Crippen LogP contribution in [0.15, 0.2) is 18.2 Å². The Balaban J connectivity index is 1.55. The summed E-state index contributed by atoms with van der Waals surface area (Å²) in [5.74, 6) is 1.64. The first-order valence-electron chi connectivity index (χ1n) is 9.43. The molecule has 2 saturated heterocycles. The zero-order valence-corrected chi connectivity index (χ0v) is 16.4. The molecule has 1 N–H and O–H groups in total. The van der Waals surface area contributed by atoms with E-state index in [9.17, 15) is 4.79 Å². The second-order valence-corrected chi connectivity index (χ2v) is 8.25. The van der Waals surface area contributed by atoms with Gasteiger partial charge in [0.2, 0.25) is 5.91 Å². The molecule has 25 heavy (non-hydrogen) atoms. The first-order valence-corrected chi connectivity index (χ1v) is 9.81. The number of carbonyl (C=O) groups is 1. The summed E-state index contributed by atoms with van der Waals surface area (Å²) in [5, 5.41) is 3.71. The van der Waals surface area contributed by atoms with Gasteiger partial charge >= 0.3 is 0 Å². The SMILES string of the molecule is Cc1ccc(Cl)cc1NC(=O)[C@@H](C)N1CC[C@H](C2CCN(C)CC2)C1. The molecule has 0 unspecified atom stereocenters. The number of aryl methyl sites for hydroxylation is 1. The van der Waals surface area contributed by atoms with Gasteiger partial charge in [0.25, 0.3) is 0 Å². The molecular formula is C20H30ClN3O. The lowest BCUT2D eigenvalue weighted by Gasteiger charge is -2.33. The molecule has 0 aliphatic carbocycles. The van der Waals surface area contributed by atoms with Crippen molar-refractivity contribution in [3.05, 3.63) is 28.8 Å². The Morgan fingerprint density at radius 1 is 1.20 bits per heavy atom. The van der Waals surface area contributed by atoms with Crippen molar-refractivity contribution in [1.29, 1.82) is 0 Å². The molecule has 2 aliphatic rings. The molecule has 5 heteroatoms. The number of nitrogens with one attached hydrogen (secondary N) is 1. The van der Waals surface area contributed by atoms with Crippen LogP contribution in [0.5, 0.6) is 0 Å². The third-order valence-corrected chi connectivity index (χ3v) is 6.31. The van der Waals surface area contributed by atoms with E-state index < -0.39 is 0 Å². The highest BCUT2D eigenvalue weighted by atomic mass is 35.5. The lowest BCUT2D eigenvalue weighted by Crippen LogP contribution is -2.41. The minimum atomic E-state index is -0.102. The summed E-state index contributed by atoms with van der Waals surface area (Å²) in [5.41, 5.74) is 1.85. The fraction of sp³-hybridized carbons (Fsp3) is 0.650. The summed E-state index contributed by atoms with van der Waals surface area (Å²) in [6, 6.07) is 5.51. The highest BCUT2D eigenvalue weighted by molar-refractivity contribution is 6.31. The molecule has 2 fully saturated rings. The normalized spacial score (nSPS) is 24.4. The van der Waals surface area contributed by atoms with Crippen LogP contribution in [-0.4, -0.2) is 55.0 Å². The summed E-state index contributed by atoms with van der Waals surface area (Å²) in [7, 11) is 2.21. The van der Waals surface area contributed by atoms with Crippen LogP contribution in [0, 0.1) is 18.8 Å². The van der Waals surface area contributed by atoms with Crippen molar-refractivity contribution in [3.63, 3.8) is 0 Å². The Morgan fingerprint density at radius 3 is 2.60 bits per heavy atom. The van der Waals surface area contributed by atoms with Gasteiger partial charge in [0.1, 0.15) is 0 Å². The predicted octanol–water partition coefficient (Wildman–Crippen LogP) is 3.64. The van der Waals surface area contributed by atoms with E-state index in [-0.39, 0.29) is 11.9 Å². The molecule has 2 atom stereocenters. The first-order chi connectivity index (χ1) is 11.9. The molecule has 0 radical (unpaired) electrons. The van der Waals surface area contributed by atoms with E-state index in [1.807, 2.05) is 32.0 Å². The van der Waals surface area contributed by atoms with Crippen LogP contribution < -0.4 is 5.32 Å². The van der Waals surface area contributed by atoms with E-state index >= 15 is 0 Å². The fourth-order valence-electron chi connectivity index (χ4n) is 4.18. The molecule has 1 aromatic rings. The molecule has 138 valence electrons. The third kappa shape index (κ3) is 4.55. The number of likely N-dealkylation sites (tertiary alicyclic amines) is 2. The van der Waals surface area contributed by atoms with Crippen LogP contribution >= 0.6 is 11.6 Å². The zero-order chi connectivity index (χ0) is 18.0. The lowest BCUT2D eigenvalue weighted by molar-refractivity contribution is -0.120. The van der Waals surface area contributed by atoms with Crippen LogP contribution in [0.3, 0.4) is 0 Å². The van der Waals surface area contributed by atoms with E-state index in [1.165, 1.54) is 32.4 Å². The van der Waals surface area contributed by atoms with Crippen molar-refractivity contribution in [2.45, 2.75) is 39.2 Å². The summed E-state index contributed by atoms with van der Waals surface area (Å²) in [4.78, 5) is 17.5. The number of hydrogen-bond acceptors (Lipinski definition) is 3. The molecule has 4 nitrogen and oxygen atoms in total. The van der Waals surface area contributed by atoms with E-state index in [2.05, 4.69) is 22.2 Å². The van der Waals surface area contributed by atoms with E-state index in [0.717, 1.165) is 36.2 Å². The molecule has 0 spiro atoms. The number of piperidine rings is 1. The number of carbonyl (C=O) groups excluding carboxylic acids is 1. The predicted molar refractivity (Wildman–Crippen MR) is 104 cm³/mol. The van der Waals surface area contributed by atoms with Crippen molar-refractivity contribution in [3.8, 4) is 0 Å². The number of anilines is 1. The quantitative estimate of drug-likeness (QED) is 0.887. The van der Waals surface area contributed by atoms with Gasteiger partial charge < -0.3 is 10.2 Å². The molecule has 1 amide bonds. The highest BCUT2D eigenvalue weighted by Crippen LogP contribution is 2.32. The molecule has 2 heterocycles. The fourth-order valence-corrected chi connectivity index (χ4v) is 4.36. The van der Waals surface area contributed by atoms with E-state index in [4.69, 9.17) is 11.6 Å². The molecule has 1 aromatic carbocycles. The molecule has 3 rings (SSSR count). The molecular weight excluding hydrogens is 334 g/mol. The second-order valence-electron chi connectivity index (χ2n) is 7.81. The first kappa shape index (κ1) is 18.7. The maximum Gasteiger partial charge on any atom is 0.241 e. The Morgan fingerprint density at radius 2 is 1.88 bits per heavy atom.